The predicted molar refractivity (Wildman–Crippen MR) is 95.1 cm³/mol. The van der Waals surface area contributed by atoms with Gasteiger partial charge in [-0.3, -0.25) is 0 Å². The number of nitrogens with zero attached hydrogens (tertiary/aromatic N) is 2. The first kappa shape index (κ1) is 16.5. The van der Waals surface area contributed by atoms with Gasteiger partial charge < -0.3 is 15.2 Å². The molecule has 1 heterocycles. The number of rotatable bonds is 5. The van der Waals surface area contributed by atoms with Crippen molar-refractivity contribution < 1.29 is 0 Å². The minimum absolute atomic E-state index is 0.151. The van der Waals surface area contributed by atoms with Crippen LogP contribution in [0.2, 0.25) is 5.02 Å². The zero-order valence-corrected chi connectivity index (χ0v) is 14.2. The fourth-order valence-corrected chi connectivity index (χ4v) is 2.34. The topological polar surface area (TPSA) is 41.9 Å². The van der Waals surface area contributed by atoms with E-state index in [9.17, 15) is 0 Å². The number of aromatic nitrogens is 2. The van der Waals surface area contributed by atoms with E-state index in [1.807, 2.05) is 49.0 Å². The van der Waals surface area contributed by atoms with Gasteiger partial charge in [0.25, 0.3) is 0 Å². The van der Waals surface area contributed by atoms with Crippen LogP contribution in [0, 0.1) is 0 Å². The monoisotopic (exact) mass is 334 g/mol. The van der Waals surface area contributed by atoms with Gasteiger partial charge in [-0.1, -0.05) is 35.9 Å². The van der Waals surface area contributed by atoms with Crippen molar-refractivity contribution in [2.24, 2.45) is 7.05 Å². The maximum Gasteiger partial charge on any atom is 0.167 e. The summed E-state index contributed by atoms with van der Waals surface area (Å²) in [4.78, 5) is 4.43. The molecule has 1 atom stereocenters. The molecular formula is C16H19ClN4S. The highest BCUT2D eigenvalue weighted by Crippen LogP contribution is 2.22. The maximum atomic E-state index is 5.97. The molecule has 2 aromatic rings. The molecule has 22 heavy (non-hydrogen) atoms. The van der Waals surface area contributed by atoms with Gasteiger partial charge in [-0.15, -0.1) is 0 Å². The Bertz CT molecular complexity index is 663. The molecule has 0 aliphatic carbocycles. The molecule has 0 radical (unpaired) electrons. The molecule has 6 heteroatoms. The van der Waals surface area contributed by atoms with E-state index in [-0.39, 0.29) is 6.04 Å². The van der Waals surface area contributed by atoms with Crippen LogP contribution in [0.15, 0.2) is 48.8 Å². The van der Waals surface area contributed by atoms with Crippen molar-refractivity contribution in [1.29, 1.82) is 0 Å². The van der Waals surface area contributed by atoms with Gasteiger partial charge in [0.15, 0.2) is 5.11 Å². The number of hydrogen-bond donors (Lipinski definition) is 2. The van der Waals surface area contributed by atoms with Gasteiger partial charge in [0, 0.05) is 31.0 Å². The Hall–Kier alpha value is -1.85. The van der Waals surface area contributed by atoms with E-state index in [0.29, 0.717) is 16.7 Å². The minimum Gasteiger partial charge on any atom is -0.359 e. The van der Waals surface area contributed by atoms with Crippen LogP contribution in [0.5, 0.6) is 0 Å². The first-order chi connectivity index (χ1) is 10.5. The van der Waals surface area contributed by atoms with Gasteiger partial charge in [-0.25, -0.2) is 4.98 Å². The van der Waals surface area contributed by atoms with Crippen LogP contribution in [0.3, 0.4) is 0 Å². The van der Waals surface area contributed by atoms with E-state index in [2.05, 4.69) is 22.2 Å². The average molecular weight is 335 g/mol. The smallest absolute Gasteiger partial charge is 0.167 e. The van der Waals surface area contributed by atoms with Crippen molar-refractivity contribution in [2.75, 3.05) is 6.54 Å². The van der Waals surface area contributed by atoms with Crippen LogP contribution in [0.1, 0.15) is 24.4 Å². The van der Waals surface area contributed by atoms with E-state index in [0.717, 1.165) is 17.0 Å². The summed E-state index contributed by atoms with van der Waals surface area (Å²) in [6.07, 6.45) is 3.68. The number of hydrogen-bond acceptors (Lipinski definition) is 2. The number of aryl methyl sites for hydroxylation is 1. The molecule has 0 aliphatic heterocycles. The standard InChI is InChI=1S/C16H19ClN4S/c1-11(2)10-19-16(22)20-14(15-18-8-9-21(15)3)12-4-6-13(17)7-5-12/h4-9,14H,1,10H2,2-3H3,(H2,19,20,22)/t14-/m0/s1. The summed E-state index contributed by atoms with van der Waals surface area (Å²) in [5, 5.41) is 7.70. The summed E-state index contributed by atoms with van der Waals surface area (Å²) in [6, 6.07) is 7.51. The lowest BCUT2D eigenvalue weighted by molar-refractivity contribution is 0.654. The minimum atomic E-state index is -0.151. The molecule has 2 rings (SSSR count). The average Bonchev–Trinajstić information content (AvgIpc) is 2.90. The zero-order chi connectivity index (χ0) is 16.1. The van der Waals surface area contributed by atoms with Crippen LogP contribution < -0.4 is 10.6 Å². The van der Waals surface area contributed by atoms with Crippen molar-refractivity contribution in [3.05, 3.63) is 65.2 Å². The molecule has 0 amide bonds. The molecule has 0 spiro atoms. The molecule has 1 aromatic heterocycles. The highest BCUT2D eigenvalue weighted by molar-refractivity contribution is 7.80. The molecule has 0 aliphatic rings. The fourth-order valence-electron chi connectivity index (χ4n) is 2.02. The summed E-state index contributed by atoms with van der Waals surface area (Å²) in [5.74, 6) is 0.877. The lowest BCUT2D eigenvalue weighted by Gasteiger charge is -2.21. The molecule has 0 saturated heterocycles. The molecule has 0 unspecified atom stereocenters. The molecule has 0 saturated carbocycles. The Morgan fingerprint density at radius 2 is 2.09 bits per heavy atom. The van der Waals surface area contributed by atoms with Crippen molar-refractivity contribution in [1.82, 2.24) is 20.2 Å². The fraction of sp³-hybridized carbons (Fsp3) is 0.250. The van der Waals surface area contributed by atoms with Crippen molar-refractivity contribution >= 4 is 28.9 Å². The van der Waals surface area contributed by atoms with E-state index in [1.54, 1.807) is 6.20 Å². The first-order valence-corrected chi connectivity index (χ1v) is 7.67. The van der Waals surface area contributed by atoms with Crippen molar-refractivity contribution in [3.63, 3.8) is 0 Å². The van der Waals surface area contributed by atoms with Gasteiger partial charge in [-0.2, -0.15) is 0 Å². The van der Waals surface area contributed by atoms with Gasteiger partial charge in [0.2, 0.25) is 0 Å². The molecule has 0 bridgehead atoms. The summed E-state index contributed by atoms with van der Waals surface area (Å²) in [5.41, 5.74) is 2.06. The molecule has 0 fully saturated rings. The van der Waals surface area contributed by atoms with Crippen LogP contribution in [0.25, 0.3) is 0 Å². The van der Waals surface area contributed by atoms with E-state index >= 15 is 0 Å². The second kappa shape index (κ2) is 7.42. The Labute approximate surface area is 141 Å². The third-order valence-electron chi connectivity index (χ3n) is 3.15. The highest BCUT2D eigenvalue weighted by Gasteiger charge is 2.19. The summed E-state index contributed by atoms with van der Waals surface area (Å²) >= 11 is 11.3. The lowest BCUT2D eigenvalue weighted by Crippen LogP contribution is -2.39. The van der Waals surface area contributed by atoms with E-state index < -0.39 is 0 Å². The van der Waals surface area contributed by atoms with Crippen LogP contribution in [-0.2, 0) is 7.05 Å². The van der Waals surface area contributed by atoms with Crippen LogP contribution in [-0.4, -0.2) is 21.2 Å². The summed E-state index contributed by atoms with van der Waals surface area (Å²) < 4.78 is 1.97. The summed E-state index contributed by atoms with van der Waals surface area (Å²) in [6.45, 7) is 6.45. The van der Waals surface area contributed by atoms with Gasteiger partial charge in [-0.05, 0) is 36.8 Å². The third kappa shape index (κ3) is 4.32. The second-order valence-corrected chi connectivity index (χ2v) is 6.01. The SMILES string of the molecule is C=C(C)CNC(=S)N[C@@H](c1ccc(Cl)cc1)c1nccn1C. The number of benzene rings is 1. The summed E-state index contributed by atoms with van der Waals surface area (Å²) in [7, 11) is 1.96. The Balaban J connectivity index is 2.23. The quantitative estimate of drug-likeness (QED) is 0.651. The van der Waals surface area contributed by atoms with E-state index in [1.165, 1.54) is 0 Å². The van der Waals surface area contributed by atoms with Crippen molar-refractivity contribution in [3.8, 4) is 0 Å². The molecule has 4 nitrogen and oxygen atoms in total. The van der Waals surface area contributed by atoms with Gasteiger partial charge >= 0.3 is 0 Å². The Morgan fingerprint density at radius 1 is 1.41 bits per heavy atom. The number of thiocarbonyl (C=S) groups is 1. The second-order valence-electron chi connectivity index (χ2n) is 5.17. The van der Waals surface area contributed by atoms with Gasteiger partial charge in [0.05, 0.1) is 0 Å². The largest absolute Gasteiger partial charge is 0.359 e. The van der Waals surface area contributed by atoms with Gasteiger partial charge in [0.1, 0.15) is 11.9 Å². The zero-order valence-electron chi connectivity index (χ0n) is 12.6. The van der Waals surface area contributed by atoms with Crippen molar-refractivity contribution in [2.45, 2.75) is 13.0 Å². The van der Waals surface area contributed by atoms with Crippen LogP contribution in [0.4, 0.5) is 0 Å². The first-order valence-electron chi connectivity index (χ1n) is 6.89. The highest BCUT2D eigenvalue weighted by atomic mass is 35.5. The number of nitrogens with one attached hydrogen (secondary N) is 2. The molecular weight excluding hydrogens is 316 g/mol. The molecule has 1 aromatic carbocycles. The lowest BCUT2D eigenvalue weighted by atomic mass is 10.1. The molecule has 116 valence electrons. The van der Waals surface area contributed by atoms with E-state index in [4.69, 9.17) is 23.8 Å². The Morgan fingerprint density at radius 3 is 2.64 bits per heavy atom. The molecule has 2 N–H and O–H groups in total. The maximum absolute atomic E-state index is 5.97. The normalized spacial score (nSPS) is 11.8. The number of imidazole rings is 1. The predicted octanol–water partition coefficient (Wildman–Crippen LogP) is 3.20. The number of halogens is 1. The van der Waals surface area contributed by atoms with Crippen LogP contribution >= 0.6 is 23.8 Å². The Kier molecular flexibility index (Phi) is 5.57. The third-order valence-corrected chi connectivity index (χ3v) is 3.66.